The number of fused-ring (bicyclic) bond motifs is 3. The van der Waals surface area contributed by atoms with Gasteiger partial charge >= 0.3 is 0 Å². The number of rotatable bonds is 4. The highest BCUT2D eigenvalue weighted by molar-refractivity contribution is 6.08. The van der Waals surface area contributed by atoms with Crippen molar-refractivity contribution in [2.24, 2.45) is 0 Å². The smallest absolute Gasteiger partial charge is 0.150 e. The van der Waals surface area contributed by atoms with Crippen molar-refractivity contribution in [2.45, 2.75) is 32.1 Å². The highest BCUT2D eigenvalue weighted by Crippen LogP contribution is 2.27. The maximum atomic E-state index is 6.14. The molecule has 4 aromatic rings. The van der Waals surface area contributed by atoms with E-state index in [1.165, 1.54) is 49.2 Å². The van der Waals surface area contributed by atoms with E-state index in [0.29, 0.717) is 5.82 Å². The molecule has 2 aromatic carbocycles. The summed E-state index contributed by atoms with van der Waals surface area (Å²) in [7, 11) is 0. The summed E-state index contributed by atoms with van der Waals surface area (Å²) in [6, 6.07) is 19.5. The fourth-order valence-corrected chi connectivity index (χ4v) is 4.35. The van der Waals surface area contributed by atoms with Crippen molar-refractivity contribution in [3.8, 4) is 0 Å². The number of benzene rings is 2. The third-order valence-corrected chi connectivity index (χ3v) is 5.98. The zero-order valence-electron chi connectivity index (χ0n) is 16.6. The summed E-state index contributed by atoms with van der Waals surface area (Å²) >= 11 is 0. The van der Waals surface area contributed by atoms with Crippen molar-refractivity contribution < 1.29 is 0 Å². The molecule has 0 bridgehead atoms. The van der Waals surface area contributed by atoms with E-state index in [4.69, 9.17) is 5.73 Å². The summed E-state index contributed by atoms with van der Waals surface area (Å²) in [6.07, 6.45) is 7.90. The number of anilines is 2. The predicted molar refractivity (Wildman–Crippen MR) is 121 cm³/mol. The van der Waals surface area contributed by atoms with Crippen LogP contribution in [-0.2, 0) is 12.8 Å². The van der Waals surface area contributed by atoms with E-state index < -0.39 is 0 Å². The summed E-state index contributed by atoms with van der Waals surface area (Å²) in [6.45, 7) is 2.38. The third kappa shape index (κ3) is 3.63. The minimum Gasteiger partial charge on any atom is -0.382 e. The molecule has 0 spiro atoms. The molecular weight excluding hydrogens is 356 g/mol. The number of hydrogen-bond acceptors (Lipinski definition) is 4. The van der Waals surface area contributed by atoms with Crippen molar-refractivity contribution in [1.82, 2.24) is 9.97 Å². The van der Waals surface area contributed by atoms with Crippen LogP contribution in [0, 0.1) is 0 Å². The topological polar surface area (TPSA) is 55.0 Å². The molecule has 1 aliphatic heterocycles. The molecule has 4 nitrogen and oxygen atoms in total. The zero-order valence-corrected chi connectivity index (χ0v) is 16.6. The Hall–Kier alpha value is -3.14. The van der Waals surface area contributed by atoms with Crippen molar-refractivity contribution in [1.29, 1.82) is 0 Å². The maximum Gasteiger partial charge on any atom is 0.150 e. The number of nitrogen functional groups attached to an aromatic ring is 1. The van der Waals surface area contributed by atoms with Crippen molar-refractivity contribution >= 4 is 33.3 Å². The van der Waals surface area contributed by atoms with Crippen LogP contribution in [0.2, 0.25) is 0 Å². The van der Waals surface area contributed by atoms with E-state index in [9.17, 15) is 0 Å². The lowest BCUT2D eigenvalue weighted by Gasteiger charge is -2.28. The molecule has 0 aliphatic carbocycles. The standard InChI is InChI=1S/C25H26N4/c26-25-24-22(21-6-2-3-7-23(21)28-25)16-19(17-27-24)9-8-18-10-12-20(13-11-18)29-14-4-1-5-15-29/h2-3,6-7,10-13,16-17H,1,4-5,8-9,14-15H2,(H2,26,28). The molecule has 1 saturated heterocycles. The number of nitrogens with zero attached hydrogens (tertiary/aromatic N) is 3. The molecule has 29 heavy (non-hydrogen) atoms. The second-order valence-corrected chi connectivity index (χ2v) is 7.97. The molecule has 2 aromatic heterocycles. The SMILES string of the molecule is Nc1nc2ccccc2c2cc(CCc3ccc(N4CCCCC4)cc3)cnc12. The zero-order chi connectivity index (χ0) is 19.6. The van der Waals surface area contributed by atoms with Crippen LogP contribution in [0.25, 0.3) is 21.8 Å². The molecule has 1 aliphatic rings. The van der Waals surface area contributed by atoms with Gasteiger partial charge in [0.1, 0.15) is 5.52 Å². The highest BCUT2D eigenvalue weighted by Gasteiger charge is 2.11. The largest absolute Gasteiger partial charge is 0.382 e. The van der Waals surface area contributed by atoms with E-state index >= 15 is 0 Å². The van der Waals surface area contributed by atoms with Gasteiger partial charge in [-0.2, -0.15) is 0 Å². The van der Waals surface area contributed by atoms with Crippen LogP contribution < -0.4 is 10.6 Å². The van der Waals surface area contributed by atoms with Crippen LogP contribution in [0.5, 0.6) is 0 Å². The average Bonchev–Trinajstić information content (AvgIpc) is 2.79. The fraction of sp³-hybridized carbons (Fsp3) is 0.280. The minimum atomic E-state index is 0.499. The van der Waals surface area contributed by atoms with E-state index in [1.807, 2.05) is 24.4 Å². The van der Waals surface area contributed by atoms with Gasteiger partial charge in [0.2, 0.25) is 0 Å². The van der Waals surface area contributed by atoms with Crippen LogP contribution in [0.1, 0.15) is 30.4 Å². The molecule has 1 fully saturated rings. The molecule has 0 amide bonds. The summed E-state index contributed by atoms with van der Waals surface area (Å²) in [4.78, 5) is 11.6. The van der Waals surface area contributed by atoms with Gasteiger partial charge < -0.3 is 10.6 Å². The Morgan fingerprint density at radius 1 is 0.828 bits per heavy atom. The van der Waals surface area contributed by atoms with Gasteiger partial charge in [0, 0.05) is 35.7 Å². The Morgan fingerprint density at radius 2 is 1.59 bits per heavy atom. The fourth-order valence-electron chi connectivity index (χ4n) is 4.35. The summed E-state index contributed by atoms with van der Waals surface area (Å²) in [5.74, 6) is 0.499. The van der Waals surface area contributed by atoms with Gasteiger partial charge in [0.15, 0.2) is 5.82 Å². The van der Waals surface area contributed by atoms with Crippen LogP contribution >= 0.6 is 0 Å². The second kappa shape index (κ2) is 7.70. The Kier molecular flexibility index (Phi) is 4.76. The molecular formula is C25H26N4. The molecule has 0 unspecified atom stereocenters. The van der Waals surface area contributed by atoms with Crippen molar-refractivity contribution in [3.05, 3.63) is 71.9 Å². The monoisotopic (exact) mass is 382 g/mol. The van der Waals surface area contributed by atoms with Gasteiger partial charge in [-0.3, -0.25) is 4.98 Å². The molecule has 146 valence electrons. The van der Waals surface area contributed by atoms with Gasteiger partial charge in [-0.15, -0.1) is 0 Å². The number of pyridine rings is 2. The molecule has 3 heterocycles. The van der Waals surface area contributed by atoms with Crippen molar-refractivity contribution in [3.63, 3.8) is 0 Å². The molecule has 4 heteroatoms. The summed E-state index contributed by atoms with van der Waals surface area (Å²) < 4.78 is 0. The number of aromatic nitrogens is 2. The van der Waals surface area contributed by atoms with Crippen LogP contribution in [0.15, 0.2) is 60.8 Å². The Labute approximate surface area is 171 Å². The first-order chi connectivity index (χ1) is 14.3. The number of para-hydroxylation sites is 1. The summed E-state index contributed by atoms with van der Waals surface area (Å²) in [5.41, 5.74) is 11.8. The lowest BCUT2D eigenvalue weighted by atomic mass is 10.0. The van der Waals surface area contributed by atoms with E-state index in [2.05, 4.69) is 51.3 Å². The van der Waals surface area contributed by atoms with Gasteiger partial charge in [0.25, 0.3) is 0 Å². The molecule has 0 radical (unpaired) electrons. The van der Waals surface area contributed by atoms with E-state index in [1.54, 1.807) is 0 Å². The Morgan fingerprint density at radius 3 is 2.41 bits per heavy atom. The van der Waals surface area contributed by atoms with Gasteiger partial charge in [0.05, 0.1) is 5.52 Å². The van der Waals surface area contributed by atoms with E-state index in [-0.39, 0.29) is 0 Å². The molecule has 2 N–H and O–H groups in total. The number of piperidine rings is 1. The van der Waals surface area contributed by atoms with Crippen LogP contribution in [0.4, 0.5) is 11.5 Å². The summed E-state index contributed by atoms with van der Waals surface area (Å²) in [5, 5.41) is 2.20. The number of hydrogen-bond donors (Lipinski definition) is 1. The highest BCUT2D eigenvalue weighted by atomic mass is 15.1. The lowest BCUT2D eigenvalue weighted by molar-refractivity contribution is 0.578. The molecule has 5 rings (SSSR count). The first-order valence-electron chi connectivity index (χ1n) is 10.5. The Balaban J connectivity index is 1.36. The quantitative estimate of drug-likeness (QED) is 0.497. The normalized spacial score (nSPS) is 14.6. The number of aryl methyl sites for hydroxylation is 2. The first-order valence-corrected chi connectivity index (χ1v) is 10.5. The molecule has 0 saturated carbocycles. The maximum absolute atomic E-state index is 6.14. The first kappa shape index (κ1) is 17.9. The van der Waals surface area contributed by atoms with Crippen LogP contribution in [-0.4, -0.2) is 23.1 Å². The Bertz CT molecular complexity index is 1140. The second-order valence-electron chi connectivity index (χ2n) is 7.97. The minimum absolute atomic E-state index is 0.499. The molecule has 0 atom stereocenters. The van der Waals surface area contributed by atoms with Crippen molar-refractivity contribution in [2.75, 3.05) is 23.7 Å². The lowest BCUT2D eigenvalue weighted by Crippen LogP contribution is -2.29. The predicted octanol–water partition coefficient (Wildman–Crippen LogP) is 5.14. The van der Waals surface area contributed by atoms with Crippen LogP contribution in [0.3, 0.4) is 0 Å². The van der Waals surface area contributed by atoms with Gasteiger partial charge in [-0.05, 0) is 67.5 Å². The van der Waals surface area contributed by atoms with E-state index in [0.717, 1.165) is 34.6 Å². The number of nitrogens with two attached hydrogens (primary N) is 1. The average molecular weight is 383 g/mol. The van der Waals surface area contributed by atoms with Gasteiger partial charge in [-0.25, -0.2) is 4.98 Å². The van der Waals surface area contributed by atoms with Gasteiger partial charge in [-0.1, -0.05) is 30.3 Å². The third-order valence-electron chi connectivity index (χ3n) is 5.98.